The number of carbonyl (C=O) groups excluding carboxylic acids is 1. The Balaban J connectivity index is 3.05. The summed E-state index contributed by atoms with van der Waals surface area (Å²) in [5.74, 6) is 0.313. The molecular weight excluding hydrogens is 268 g/mol. The van der Waals surface area contributed by atoms with E-state index in [1.54, 1.807) is 17.0 Å². The molecule has 1 amide bonds. The minimum atomic E-state index is -0.199. The zero-order valence-corrected chi connectivity index (χ0v) is 13.3. The van der Waals surface area contributed by atoms with E-state index in [0.717, 1.165) is 6.42 Å². The minimum Gasteiger partial charge on any atom is -0.507 e. The first-order valence-corrected chi connectivity index (χ1v) is 7.21. The Labute approximate surface area is 126 Å². The summed E-state index contributed by atoms with van der Waals surface area (Å²) in [5, 5.41) is 9.95. The number of hydrogen-bond acceptors (Lipinski definition) is 4. The van der Waals surface area contributed by atoms with Gasteiger partial charge in [0.1, 0.15) is 11.5 Å². The standard InChI is InChI=1S/C16H26N2O3/c1-5-8-18(11-16(2,3)10-17)15(20)13-9-12(21-4)6-7-14(13)19/h6-7,9,19H,5,8,10-11,17H2,1-4H3. The SMILES string of the molecule is CCCN(CC(C)(C)CN)C(=O)c1cc(OC)ccc1O. The maximum Gasteiger partial charge on any atom is 0.257 e. The lowest BCUT2D eigenvalue weighted by atomic mass is 9.92. The zero-order chi connectivity index (χ0) is 16.0. The second kappa shape index (κ2) is 7.31. The average Bonchev–Trinajstić information content (AvgIpc) is 2.46. The van der Waals surface area contributed by atoms with Gasteiger partial charge in [-0.05, 0) is 36.6 Å². The van der Waals surface area contributed by atoms with Crippen LogP contribution in [0, 0.1) is 5.41 Å². The molecule has 0 radical (unpaired) electrons. The topological polar surface area (TPSA) is 75.8 Å². The normalized spacial score (nSPS) is 11.3. The number of ether oxygens (including phenoxy) is 1. The summed E-state index contributed by atoms with van der Waals surface area (Å²) in [6.07, 6.45) is 0.844. The van der Waals surface area contributed by atoms with Gasteiger partial charge in [-0.3, -0.25) is 4.79 Å². The van der Waals surface area contributed by atoms with Crippen molar-refractivity contribution in [3.63, 3.8) is 0 Å². The number of hydrogen-bond donors (Lipinski definition) is 2. The summed E-state index contributed by atoms with van der Waals surface area (Å²) in [6, 6.07) is 4.67. The van der Waals surface area contributed by atoms with Crippen LogP contribution in [-0.4, -0.2) is 42.7 Å². The summed E-state index contributed by atoms with van der Waals surface area (Å²) in [5.41, 5.74) is 5.85. The number of rotatable bonds is 7. The van der Waals surface area contributed by atoms with Gasteiger partial charge in [0, 0.05) is 13.1 Å². The Morgan fingerprint density at radius 2 is 2.10 bits per heavy atom. The summed E-state index contributed by atoms with van der Waals surface area (Å²) in [7, 11) is 1.53. The van der Waals surface area contributed by atoms with Crippen molar-refractivity contribution in [2.45, 2.75) is 27.2 Å². The Hall–Kier alpha value is -1.75. The van der Waals surface area contributed by atoms with E-state index < -0.39 is 0 Å². The van der Waals surface area contributed by atoms with E-state index in [2.05, 4.69) is 0 Å². The summed E-state index contributed by atoms with van der Waals surface area (Å²) < 4.78 is 5.12. The van der Waals surface area contributed by atoms with Crippen LogP contribution in [0.2, 0.25) is 0 Å². The smallest absolute Gasteiger partial charge is 0.257 e. The number of benzene rings is 1. The molecule has 0 spiro atoms. The largest absolute Gasteiger partial charge is 0.507 e. The van der Waals surface area contributed by atoms with E-state index >= 15 is 0 Å². The highest BCUT2D eigenvalue weighted by Gasteiger charge is 2.25. The molecule has 21 heavy (non-hydrogen) atoms. The third-order valence-electron chi connectivity index (χ3n) is 3.39. The molecule has 0 unspecified atom stereocenters. The average molecular weight is 294 g/mol. The molecule has 118 valence electrons. The van der Waals surface area contributed by atoms with Crippen LogP contribution in [0.3, 0.4) is 0 Å². The van der Waals surface area contributed by atoms with Gasteiger partial charge in [0.15, 0.2) is 0 Å². The molecule has 0 fully saturated rings. The number of phenols is 1. The molecular formula is C16H26N2O3. The Morgan fingerprint density at radius 1 is 1.43 bits per heavy atom. The van der Waals surface area contributed by atoms with Crippen molar-refractivity contribution in [2.24, 2.45) is 11.1 Å². The monoisotopic (exact) mass is 294 g/mol. The van der Waals surface area contributed by atoms with Crippen molar-refractivity contribution in [1.82, 2.24) is 4.90 Å². The molecule has 0 saturated carbocycles. The fourth-order valence-electron chi connectivity index (χ4n) is 2.09. The third kappa shape index (κ3) is 4.63. The van der Waals surface area contributed by atoms with Gasteiger partial charge in [0.25, 0.3) is 5.91 Å². The maximum absolute atomic E-state index is 12.7. The van der Waals surface area contributed by atoms with Gasteiger partial charge in [-0.1, -0.05) is 20.8 Å². The van der Waals surface area contributed by atoms with E-state index in [9.17, 15) is 9.90 Å². The lowest BCUT2D eigenvalue weighted by Crippen LogP contribution is -2.42. The molecule has 0 saturated heterocycles. The van der Waals surface area contributed by atoms with E-state index in [-0.39, 0.29) is 22.6 Å². The van der Waals surface area contributed by atoms with Crippen LogP contribution in [0.4, 0.5) is 0 Å². The Bertz CT molecular complexity index is 486. The van der Waals surface area contributed by atoms with Crippen molar-refractivity contribution in [3.8, 4) is 11.5 Å². The van der Waals surface area contributed by atoms with Crippen LogP contribution >= 0.6 is 0 Å². The lowest BCUT2D eigenvalue weighted by molar-refractivity contribution is 0.0686. The summed E-state index contributed by atoms with van der Waals surface area (Å²) in [4.78, 5) is 14.4. The molecule has 0 atom stereocenters. The zero-order valence-electron chi connectivity index (χ0n) is 13.3. The number of aromatic hydroxyl groups is 1. The lowest BCUT2D eigenvalue weighted by Gasteiger charge is -2.32. The van der Waals surface area contributed by atoms with Crippen molar-refractivity contribution in [3.05, 3.63) is 23.8 Å². The van der Waals surface area contributed by atoms with Gasteiger partial charge in [-0.15, -0.1) is 0 Å². The van der Waals surface area contributed by atoms with E-state index in [0.29, 0.717) is 25.4 Å². The van der Waals surface area contributed by atoms with Crippen LogP contribution in [0.1, 0.15) is 37.6 Å². The molecule has 5 heteroatoms. The van der Waals surface area contributed by atoms with Crippen molar-refractivity contribution < 1.29 is 14.6 Å². The Kier molecular flexibility index (Phi) is 6.03. The second-order valence-corrected chi connectivity index (χ2v) is 5.98. The first kappa shape index (κ1) is 17.3. The molecule has 1 rings (SSSR count). The molecule has 1 aromatic carbocycles. The minimum absolute atomic E-state index is 0.0348. The molecule has 5 nitrogen and oxygen atoms in total. The van der Waals surface area contributed by atoms with Crippen LogP contribution in [0.25, 0.3) is 0 Å². The fourth-order valence-corrected chi connectivity index (χ4v) is 2.09. The van der Waals surface area contributed by atoms with Gasteiger partial charge < -0.3 is 20.5 Å². The van der Waals surface area contributed by atoms with Crippen LogP contribution in [0.15, 0.2) is 18.2 Å². The predicted molar refractivity (Wildman–Crippen MR) is 83.7 cm³/mol. The molecule has 0 aliphatic rings. The van der Waals surface area contributed by atoms with Crippen molar-refractivity contribution in [2.75, 3.05) is 26.7 Å². The molecule has 0 aliphatic carbocycles. The van der Waals surface area contributed by atoms with Crippen molar-refractivity contribution >= 4 is 5.91 Å². The highest BCUT2D eigenvalue weighted by Crippen LogP contribution is 2.26. The first-order valence-electron chi connectivity index (χ1n) is 7.21. The third-order valence-corrected chi connectivity index (χ3v) is 3.39. The highest BCUT2D eigenvalue weighted by atomic mass is 16.5. The van der Waals surface area contributed by atoms with E-state index in [1.807, 2.05) is 20.8 Å². The number of amides is 1. The number of phenolic OH excluding ortho intramolecular Hbond substituents is 1. The molecule has 0 bridgehead atoms. The number of carbonyl (C=O) groups is 1. The van der Waals surface area contributed by atoms with Crippen LogP contribution in [0.5, 0.6) is 11.5 Å². The first-order chi connectivity index (χ1) is 9.84. The Morgan fingerprint density at radius 3 is 2.62 bits per heavy atom. The predicted octanol–water partition coefficient (Wildman–Crippen LogP) is 2.24. The van der Waals surface area contributed by atoms with Crippen molar-refractivity contribution in [1.29, 1.82) is 0 Å². The van der Waals surface area contributed by atoms with Gasteiger partial charge in [-0.25, -0.2) is 0 Å². The van der Waals surface area contributed by atoms with Gasteiger partial charge in [0.05, 0.1) is 12.7 Å². The molecule has 1 aromatic rings. The number of methoxy groups -OCH3 is 1. The molecule has 0 aliphatic heterocycles. The van der Waals surface area contributed by atoms with Crippen LogP contribution in [-0.2, 0) is 0 Å². The number of nitrogens with two attached hydrogens (primary N) is 1. The molecule has 0 heterocycles. The molecule has 3 N–H and O–H groups in total. The second-order valence-electron chi connectivity index (χ2n) is 5.98. The quantitative estimate of drug-likeness (QED) is 0.808. The van der Waals surface area contributed by atoms with E-state index in [1.165, 1.54) is 13.2 Å². The fraction of sp³-hybridized carbons (Fsp3) is 0.562. The molecule has 0 aromatic heterocycles. The van der Waals surface area contributed by atoms with Gasteiger partial charge in [0.2, 0.25) is 0 Å². The van der Waals surface area contributed by atoms with Gasteiger partial charge in [-0.2, -0.15) is 0 Å². The van der Waals surface area contributed by atoms with Crippen LogP contribution < -0.4 is 10.5 Å². The highest BCUT2D eigenvalue weighted by molar-refractivity contribution is 5.97. The number of nitrogens with zero attached hydrogens (tertiary/aromatic N) is 1. The maximum atomic E-state index is 12.7. The van der Waals surface area contributed by atoms with E-state index in [4.69, 9.17) is 10.5 Å². The summed E-state index contributed by atoms with van der Waals surface area (Å²) >= 11 is 0. The summed E-state index contributed by atoms with van der Waals surface area (Å²) in [6.45, 7) is 7.72. The van der Waals surface area contributed by atoms with Gasteiger partial charge >= 0.3 is 0 Å².